The molecule has 0 bridgehead atoms. The quantitative estimate of drug-likeness (QED) is 0.518. The van der Waals surface area contributed by atoms with Gasteiger partial charge in [-0.3, -0.25) is 9.69 Å². The van der Waals surface area contributed by atoms with Gasteiger partial charge in [0.2, 0.25) is 0 Å². The van der Waals surface area contributed by atoms with E-state index in [2.05, 4.69) is 9.73 Å². The smallest absolute Gasteiger partial charge is 0.343 e. The summed E-state index contributed by atoms with van der Waals surface area (Å²) in [7, 11) is 1.29. The molecule has 1 amide bonds. The number of carbonyl (C=O) groups is 3. The van der Waals surface area contributed by atoms with Crippen molar-refractivity contribution in [1.82, 2.24) is 4.90 Å². The number of hydrogen-bond donors (Lipinski definition) is 1. The van der Waals surface area contributed by atoms with Crippen molar-refractivity contribution in [2.75, 3.05) is 20.3 Å². The molecule has 1 aliphatic rings. The first-order valence-corrected chi connectivity index (χ1v) is 10.2. The molecule has 31 heavy (non-hydrogen) atoms. The van der Waals surface area contributed by atoms with E-state index in [4.69, 9.17) is 9.84 Å². The highest BCUT2D eigenvalue weighted by Gasteiger charge is 2.32. The molecule has 1 fully saturated rings. The second-order valence-corrected chi connectivity index (χ2v) is 7.35. The van der Waals surface area contributed by atoms with Crippen LogP contribution in [0.3, 0.4) is 0 Å². The van der Waals surface area contributed by atoms with Gasteiger partial charge in [0, 0.05) is 6.54 Å². The molecule has 1 saturated heterocycles. The fourth-order valence-electron chi connectivity index (χ4n) is 2.70. The fraction of sp³-hybridized carbons (Fsp3) is 0.182. The van der Waals surface area contributed by atoms with E-state index in [0.29, 0.717) is 28.1 Å². The van der Waals surface area contributed by atoms with E-state index in [-0.39, 0.29) is 18.1 Å². The maximum Gasteiger partial charge on any atom is 0.343 e. The number of amides is 1. The van der Waals surface area contributed by atoms with E-state index in [0.717, 1.165) is 5.56 Å². The lowest BCUT2D eigenvalue weighted by Crippen LogP contribution is -2.28. The highest BCUT2D eigenvalue weighted by Crippen LogP contribution is 2.34. The Morgan fingerprint density at radius 1 is 1.19 bits per heavy atom. The zero-order valence-corrected chi connectivity index (χ0v) is 17.7. The molecule has 2 aromatic carbocycles. The Labute approximate surface area is 183 Å². The standard InChI is InChI=1S/C22H20N2O6S/c1-3-24-20(26)18(11-14-7-9-17(10-8-14)30-13-19(25)29-2)31-22(24)23-16-6-4-5-15(12-16)21(27)28/h4-12H,3,13H2,1-2H3,(H,27,28)/b18-11-,23-22?. The molecule has 1 heterocycles. The van der Waals surface area contributed by atoms with Crippen LogP contribution in [0.1, 0.15) is 22.8 Å². The summed E-state index contributed by atoms with van der Waals surface area (Å²) in [4.78, 5) is 41.6. The summed E-state index contributed by atoms with van der Waals surface area (Å²) in [6.07, 6.45) is 1.75. The van der Waals surface area contributed by atoms with Crippen molar-refractivity contribution in [3.63, 3.8) is 0 Å². The third kappa shape index (κ3) is 5.52. The van der Waals surface area contributed by atoms with Crippen molar-refractivity contribution in [1.29, 1.82) is 0 Å². The largest absolute Gasteiger partial charge is 0.482 e. The van der Waals surface area contributed by atoms with Crippen molar-refractivity contribution in [3.05, 3.63) is 64.6 Å². The molecule has 1 N–H and O–H groups in total. The molecule has 0 aromatic heterocycles. The Hall–Kier alpha value is -3.59. The lowest BCUT2D eigenvalue weighted by atomic mass is 10.2. The molecular formula is C22H20N2O6S. The summed E-state index contributed by atoms with van der Waals surface area (Å²) in [5.41, 5.74) is 1.37. The first kappa shape index (κ1) is 22.1. The first-order chi connectivity index (χ1) is 14.9. The van der Waals surface area contributed by atoms with Crippen LogP contribution in [0.4, 0.5) is 5.69 Å². The van der Waals surface area contributed by atoms with Crippen LogP contribution in [-0.4, -0.2) is 53.3 Å². The van der Waals surface area contributed by atoms with Crippen LogP contribution in [0.2, 0.25) is 0 Å². The van der Waals surface area contributed by atoms with Gasteiger partial charge in [0.1, 0.15) is 5.75 Å². The molecular weight excluding hydrogens is 420 g/mol. The highest BCUT2D eigenvalue weighted by molar-refractivity contribution is 8.18. The molecule has 0 aliphatic carbocycles. The number of carbonyl (C=O) groups excluding carboxylic acids is 2. The summed E-state index contributed by atoms with van der Waals surface area (Å²) < 4.78 is 9.84. The number of aliphatic imine (C=N–C) groups is 1. The van der Waals surface area contributed by atoms with Gasteiger partial charge in [0.25, 0.3) is 5.91 Å². The SMILES string of the molecule is CCN1C(=O)/C(=C/c2ccc(OCC(=O)OC)cc2)SC1=Nc1cccc(C(=O)O)c1. The van der Waals surface area contributed by atoms with Crippen LogP contribution in [0.25, 0.3) is 6.08 Å². The zero-order valence-electron chi connectivity index (χ0n) is 16.9. The number of amidine groups is 1. The summed E-state index contributed by atoms with van der Waals surface area (Å²) in [6.45, 7) is 2.10. The number of rotatable bonds is 7. The number of carboxylic acids is 1. The van der Waals surface area contributed by atoms with Crippen LogP contribution in [0.15, 0.2) is 58.4 Å². The monoisotopic (exact) mass is 440 g/mol. The molecule has 2 aromatic rings. The Bertz CT molecular complexity index is 1060. The van der Waals surface area contributed by atoms with Crippen molar-refractivity contribution in [2.24, 2.45) is 4.99 Å². The molecule has 9 heteroatoms. The van der Waals surface area contributed by atoms with Gasteiger partial charge in [-0.25, -0.2) is 14.6 Å². The number of carboxylic acid groups (broad SMARTS) is 1. The first-order valence-electron chi connectivity index (χ1n) is 9.34. The third-order valence-electron chi connectivity index (χ3n) is 4.28. The number of esters is 1. The number of methoxy groups -OCH3 is 1. The molecule has 160 valence electrons. The number of thioether (sulfide) groups is 1. The number of nitrogens with zero attached hydrogens (tertiary/aromatic N) is 2. The predicted molar refractivity (Wildman–Crippen MR) is 117 cm³/mol. The Morgan fingerprint density at radius 3 is 2.58 bits per heavy atom. The van der Waals surface area contributed by atoms with E-state index in [9.17, 15) is 14.4 Å². The maximum atomic E-state index is 12.8. The minimum absolute atomic E-state index is 0.129. The van der Waals surface area contributed by atoms with Crippen LogP contribution < -0.4 is 4.74 Å². The van der Waals surface area contributed by atoms with Gasteiger partial charge in [0.15, 0.2) is 11.8 Å². The van der Waals surface area contributed by atoms with Crippen molar-refractivity contribution >= 4 is 46.5 Å². The average molecular weight is 440 g/mol. The van der Waals surface area contributed by atoms with E-state index < -0.39 is 11.9 Å². The Kier molecular flexibility index (Phi) is 7.09. The molecule has 0 unspecified atom stereocenters. The molecule has 1 aliphatic heterocycles. The van der Waals surface area contributed by atoms with E-state index in [1.165, 1.54) is 35.9 Å². The van der Waals surface area contributed by atoms with E-state index in [1.54, 1.807) is 42.5 Å². The minimum atomic E-state index is -1.04. The Balaban J connectivity index is 1.79. The Morgan fingerprint density at radius 2 is 1.94 bits per heavy atom. The number of ether oxygens (including phenoxy) is 2. The van der Waals surface area contributed by atoms with E-state index in [1.807, 2.05) is 6.92 Å². The van der Waals surface area contributed by atoms with Crippen LogP contribution in [0.5, 0.6) is 5.75 Å². The number of benzene rings is 2. The van der Waals surface area contributed by atoms with Gasteiger partial charge in [-0.1, -0.05) is 18.2 Å². The lowest BCUT2D eigenvalue weighted by Gasteiger charge is -2.12. The number of hydrogen-bond acceptors (Lipinski definition) is 7. The topological polar surface area (TPSA) is 106 Å². The second-order valence-electron chi connectivity index (χ2n) is 6.34. The van der Waals surface area contributed by atoms with E-state index >= 15 is 0 Å². The molecule has 0 spiro atoms. The van der Waals surface area contributed by atoms with Crippen LogP contribution in [-0.2, 0) is 14.3 Å². The minimum Gasteiger partial charge on any atom is -0.482 e. The van der Waals surface area contributed by atoms with Gasteiger partial charge >= 0.3 is 11.9 Å². The summed E-state index contributed by atoms with van der Waals surface area (Å²) in [5, 5.41) is 9.64. The molecule has 0 saturated carbocycles. The fourth-order valence-corrected chi connectivity index (χ4v) is 3.76. The van der Waals surface area contributed by atoms with Gasteiger partial charge in [0.05, 0.1) is 23.3 Å². The van der Waals surface area contributed by atoms with Gasteiger partial charge in [-0.2, -0.15) is 0 Å². The molecule has 0 radical (unpaired) electrons. The van der Waals surface area contributed by atoms with Crippen LogP contribution >= 0.6 is 11.8 Å². The van der Waals surface area contributed by atoms with Gasteiger partial charge < -0.3 is 14.6 Å². The number of aromatic carboxylic acids is 1. The second kappa shape index (κ2) is 9.94. The van der Waals surface area contributed by atoms with Crippen molar-refractivity contribution in [3.8, 4) is 5.75 Å². The van der Waals surface area contributed by atoms with Crippen LogP contribution in [0, 0.1) is 0 Å². The average Bonchev–Trinajstić information content (AvgIpc) is 3.06. The predicted octanol–water partition coefficient (Wildman–Crippen LogP) is 3.56. The number of likely N-dealkylation sites (N-methyl/N-ethyl adjacent to an activating group) is 1. The summed E-state index contributed by atoms with van der Waals surface area (Å²) in [6, 6.07) is 13.2. The molecule has 0 atom stereocenters. The van der Waals surface area contributed by atoms with Gasteiger partial charge in [-0.05, 0) is 60.7 Å². The van der Waals surface area contributed by atoms with Crippen molar-refractivity contribution in [2.45, 2.75) is 6.92 Å². The molecule has 8 nitrogen and oxygen atoms in total. The summed E-state index contributed by atoms with van der Waals surface area (Å²) >= 11 is 1.22. The zero-order chi connectivity index (χ0) is 22.4. The summed E-state index contributed by atoms with van der Waals surface area (Å²) in [5.74, 6) is -1.18. The van der Waals surface area contributed by atoms with Crippen molar-refractivity contribution < 1.29 is 29.0 Å². The lowest BCUT2D eigenvalue weighted by molar-refractivity contribution is -0.142. The third-order valence-corrected chi connectivity index (χ3v) is 5.29. The highest BCUT2D eigenvalue weighted by atomic mass is 32.2. The molecule has 3 rings (SSSR count). The maximum absolute atomic E-state index is 12.8. The van der Waals surface area contributed by atoms with Gasteiger partial charge in [-0.15, -0.1) is 0 Å². The normalized spacial score (nSPS) is 16.1.